The summed E-state index contributed by atoms with van der Waals surface area (Å²) in [6, 6.07) is 5.04. The average Bonchev–Trinajstić information content (AvgIpc) is 2.72. The van der Waals surface area contributed by atoms with E-state index in [4.69, 9.17) is 0 Å². The Morgan fingerprint density at radius 2 is 2.00 bits per heavy atom. The van der Waals surface area contributed by atoms with Gasteiger partial charge in [0.25, 0.3) is 0 Å². The lowest BCUT2D eigenvalue weighted by Gasteiger charge is -2.40. The monoisotopic (exact) mass is 324 g/mol. The standard InChI is InChI=1S/C17H25FN2OS/c1-16(2,3)22(21)20-15-14-10-13(18)5-4-12(14)11-17(15)6-8-19-9-7-17/h4-5,10,15,19-20H,6-9,11H2,1-3H3/t15-,22-/m1/s1. The van der Waals surface area contributed by atoms with Gasteiger partial charge in [-0.1, -0.05) is 6.07 Å². The zero-order valence-electron chi connectivity index (χ0n) is 13.5. The maximum atomic E-state index is 13.7. The van der Waals surface area contributed by atoms with Crippen LogP contribution >= 0.6 is 0 Å². The van der Waals surface area contributed by atoms with Crippen LogP contribution in [0.3, 0.4) is 0 Å². The highest BCUT2D eigenvalue weighted by atomic mass is 32.2. The molecule has 2 atom stereocenters. The first kappa shape index (κ1) is 16.2. The van der Waals surface area contributed by atoms with Crippen molar-refractivity contribution in [2.24, 2.45) is 5.41 Å². The highest BCUT2D eigenvalue weighted by molar-refractivity contribution is 7.90. The Bertz CT molecular complexity index is 552. The van der Waals surface area contributed by atoms with E-state index in [1.54, 1.807) is 6.07 Å². The van der Waals surface area contributed by atoms with Gasteiger partial charge in [0.15, 0.2) is 0 Å². The zero-order chi connectivity index (χ0) is 16.0. The largest absolute Gasteiger partial charge is 0.598 e. The average molecular weight is 324 g/mol. The van der Waals surface area contributed by atoms with Crippen molar-refractivity contribution in [3.63, 3.8) is 0 Å². The van der Waals surface area contributed by atoms with E-state index in [1.807, 2.05) is 26.8 Å². The molecule has 2 N–H and O–H groups in total. The van der Waals surface area contributed by atoms with Crippen LogP contribution in [0.5, 0.6) is 0 Å². The predicted octanol–water partition coefficient (Wildman–Crippen LogP) is 2.84. The van der Waals surface area contributed by atoms with Crippen molar-refractivity contribution < 1.29 is 8.94 Å². The smallest absolute Gasteiger partial charge is 0.136 e. The van der Waals surface area contributed by atoms with E-state index >= 15 is 0 Å². The molecule has 1 aliphatic carbocycles. The van der Waals surface area contributed by atoms with Crippen LogP contribution in [-0.4, -0.2) is 22.4 Å². The van der Waals surface area contributed by atoms with E-state index in [2.05, 4.69) is 10.0 Å². The Morgan fingerprint density at radius 1 is 1.32 bits per heavy atom. The van der Waals surface area contributed by atoms with Crippen LogP contribution in [0, 0.1) is 11.2 Å². The molecule has 0 bridgehead atoms. The highest BCUT2D eigenvalue weighted by Crippen LogP contribution is 2.51. The lowest BCUT2D eigenvalue weighted by molar-refractivity contribution is 0.163. The van der Waals surface area contributed by atoms with Crippen LogP contribution in [0.2, 0.25) is 0 Å². The lowest BCUT2D eigenvalue weighted by Crippen LogP contribution is -2.48. The SMILES string of the molecule is CC(C)(C)[S@@+]([O-])N[C@@H]1c2cc(F)ccc2CC12CCNCC2. The van der Waals surface area contributed by atoms with Gasteiger partial charge in [0.05, 0.1) is 6.04 Å². The third kappa shape index (κ3) is 2.92. The fourth-order valence-corrected chi connectivity index (χ4v) is 4.61. The van der Waals surface area contributed by atoms with E-state index in [0.717, 1.165) is 37.9 Å². The Balaban J connectivity index is 1.95. The molecule has 3 rings (SSSR count). The van der Waals surface area contributed by atoms with Gasteiger partial charge >= 0.3 is 0 Å². The summed E-state index contributed by atoms with van der Waals surface area (Å²) in [5.41, 5.74) is 2.26. The molecule has 1 aromatic carbocycles. The minimum Gasteiger partial charge on any atom is -0.598 e. The first-order valence-electron chi connectivity index (χ1n) is 7.99. The molecular weight excluding hydrogens is 299 g/mol. The maximum Gasteiger partial charge on any atom is 0.136 e. The molecule has 1 heterocycles. The molecule has 0 unspecified atom stereocenters. The summed E-state index contributed by atoms with van der Waals surface area (Å²) in [6.45, 7) is 7.83. The van der Waals surface area contributed by atoms with Crippen molar-refractivity contribution in [3.05, 3.63) is 35.1 Å². The third-order valence-corrected chi connectivity index (χ3v) is 6.52. The van der Waals surface area contributed by atoms with Gasteiger partial charge < -0.3 is 9.87 Å². The number of halogens is 1. The van der Waals surface area contributed by atoms with Gasteiger partial charge in [0.1, 0.15) is 10.6 Å². The van der Waals surface area contributed by atoms with Gasteiger partial charge in [-0.25, -0.2) is 4.39 Å². The number of rotatable bonds is 2. The molecule has 1 fully saturated rings. The van der Waals surface area contributed by atoms with Gasteiger partial charge in [-0.05, 0) is 76.4 Å². The van der Waals surface area contributed by atoms with E-state index in [-0.39, 0.29) is 22.0 Å². The molecule has 122 valence electrons. The van der Waals surface area contributed by atoms with Crippen molar-refractivity contribution in [1.82, 2.24) is 10.0 Å². The molecule has 22 heavy (non-hydrogen) atoms. The van der Waals surface area contributed by atoms with Gasteiger partial charge in [-0.2, -0.15) is 0 Å². The highest BCUT2D eigenvalue weighted by Gasteiger charge is 2.49. The second kappa shape index (κ2) is 5.78. The molecule has 5 heteroatoms. The summed E-state index contributed by atoms with van der Waals surface area (Å²) in [7, 11) is 0. The summed E-state index contributed by atoms with van der Waals surface area (Å²) >= 11 is -1.16. The van der Waals surface area contributed by atoms with Gasteiger partial charge in [0, 0.05) is 16.8 Å². The zero-order valence-corrected chi connectivity index (χ0v) is 14.4. The Hall–Kier alpha value is -0.620. The van der Waals surface area contributed by atoms with E-state index < -0.39 is 11.4 Å². The molecule has 0 saturated carbocycles. The summed E-state index contributed by atoms with van der Waals surface area (Å²) in [5.74, 6) is -0.210. The molecule has 1 aromatic rings. The molecule has 2 aliphatic rings. The molecule has 1 aliphatic heterocycles. The first-order chi connectivity index (χ1) is 10.3. The minimum absolute atomic E-state index is 0.0274. The van der Waals surface area contributed by atoms with Crippen LogP contribution in [-0.2, 0) is 17.8 Å². The number of benzene rings is 1. The number of nitrogens with one attached hydrogen (secondary N) is 2. The van der Waals surface area contributed by atoms with Crippen molar-refractivity contribution in [2.75, 3.05) is 13.1 Å². The molecular formula is C17H25FN2OS. The molecule has 0 aromatic heterocycles. The minimum atomic E-state index is -1.16. The molecule has 0 radical (unpaired) electrons. The Kier molecular flexibility index (Phi) is 4.27. The van der Waals surface area contributed by atoms with Crippen molar-refractivity contribution in [3.8, 4) is 0 Å². The first-order valence-corrected chi connectivity index (χ1v) is 9.14. The van der Waals surface area contributed by atoms with Gasteiger partial charge in [-0.15, -0.1) is 4.72 Å². The van der Waals surface area contributed by atoms with Crippen molar-refractivity contribution in [1.29, 1.82) is 0 Å². The summed E-state index contributed by atoms with van der Waals surface area (Å²) in [6.07, 6.45) is 3.01. The number of hydrogen-bond acceptors (Lipinski definition) is 3. The summed E-state index contributed by atoms with van der Waals surface area (Å²) in [4.78, 5) is 0. The van der Waals surface area contributed by atoms with Crippen molar-refractivity contribution >= 4 is 11.4 Å². The third-order valence-electron chi connectivity index (χ3n) is 4.95. The normalized spacial score (nSPS) is 25.2. The van der Waals surface area contributed by atoms with Gasteiger partial charge in [-0.3, -0.25) is 0 Å². The summed E-state index contributed by atoms with van der Waals surface area (Å²) in [5, 5.41) is 3.40. The fourth-order valence-electron chi connectivity index (χ4n) is 3.67. The lowest BCUT2D eigenvalue weighted by atomic mass is 9.73. The second-order valence-electron chi connectivity index (χ2n) is 7.56. The molecule has 3 nitrogen and oxygen atoms in total. The van der Waals surface area contributed by atoms with Gasteiger partial charge in [0.2, 0.25) is 0 Å². The Morgan fingerprint density at radius 3 is 2.64 bits per heavy atom. The molecule has 1 spiro atoms. The number of piperidine rings is 1. The quantitative estimate of drug-likeness (QED) is 0.823. The fraction of sp³-hybridized carbons (Fsp3) is 0.647. The van der Waals surface area contributed by atoms with E-state index in [1.165, 1.54) is 11.6 Å². The number of hydrogen-bond donors (Lipinski definition) is 2. The van der Waals surface area contributed by atoms with Crippen LogP contribution in [0.15, 0.2) is 18.2 Å². The predicted molar refractivity (Wildman–Crippen MR) is 88.4 cm³/mol. The van der Waals surface area contributed by atoms with Crippen LogP contribution < -0.4 is 10.0 Å². The molecule has 0 amide bonds. The Labute approximate surface area is 135 Å². The second-order valence-corrected chi connectivity index (χ2v) is 9.56. The van der Waals surface area contributed by atoms with Crippen LogP contribution in [0.25, 0.3) is 0 Å². The van der Waals surface area contributed by atoms with Crippen molar-refractivity contribution in [2.45, 2.75) is 50.8 Å². The topological polar surface area (TPSA) is 47.1 Å². The summed E-state index contributed by atoms with van der Waals surface area (Å²) < 4.78 is 29.4. The number of fused-ring (bicyclic) bond motifs is 1. The van der Waals surface area contributed by atoms with E-state index in [9.17, 15) is 8.94 Å². The maximum absolute atomic E-state index is 13.7. The molecule has 1 saturated heterocycles. The van der Waals surface area contributed by atoms with Crippen LogP contribution in [0.4, 0.5) is 4.39 Å². The van der Waals surface area contributed by atoms with Crippen LogP contribution in [0.1, 0.15) is 50.8 Å². The van der Waals surface area contributed by atoms with E-state index in [0.29, 0.717) is 0 Å².